The summed E-state index contributed by atoms with van der Waals surface area (Å²) in [5, 5.41) is 12.0. The summed E-state index contributed by atoms with van der Waals surface area (Å²) in [4.78, 5) is 9.53. The van der Waals surface area contributed by atoms with Crippen LogP contribution in [0.1, 0.15) is 50.7 Å². The lowest BCUT2D eigenvalue weighted by molar-refractivity contribution is 0.476. The van der Waals surface area contributed by atoms with Gasteiger partial charge in [-0.1, -0.05) is 45.9 Å². The largest absolute Gasteiger partial charge is 0.508 e. The van der Waals surface area contributed by atoms with Crippen LogP contribution in [-0.4, -0.2) is 19.5 Å². The van der Waals surface area contributed by atoms with Gasteiger partial charge in [0, 0.05) is 22.5 Å². The normalized spacial score (nSPS) is 12.1. The molecule has 0 amide bonds. The Morgan fingerprint density at radius 2 is 1.57 bits per heavy atom. The van der Waals surface area contributed by atoms with Crippen molar-refractivity contribution in [1.29, 1.82) is 0 Å². The zero-order valence-corrected chi connectivity index (χ0v) is 17.7. The molecule has 0 saturated carbocycles. The number of nitrogens with zero attached hydrogens (tertiary/aromatic N) is 3. The van der Waals surface area contributed by atoms with Crippen molar-refractivity contribution in [2.45, 2.75) is 39.5 Å². The summed E-state index contributed by atoms with van der Waals surface area (Å²) < 4.78 is 2.23. The fourth-order valence-electron chi connectivity index (χ4n) is 4.52. The van der Waals surface area contributed by atoms with Crippen molar-refractivity contribution in [2.75, 3.05) is 0 Å². The number of phenolic OH excluding ortho intramolecular Hbond substituents is 1. The first kappa shape index (κ1) is 18.6. The van der Waals surface area contributed by atoms with E-state index in [1.807, 2.05) is 18.3 Å². The smallest absolute Gasteiger partial charge is 0.145 e. The Balaban J connectivity index is 2.00. The number of hydrogen-bond donors (Lipinski definition) is 1. The number of pyridine rings is 2. The van der Waals surface area contributed by atoms with Gasteiger partial charge in [-0.05, 0) is 53.3 Å². The predicted octanol–water partition coefficient (Wildman–Crippen LogP) is 6.66. The van der Waals surface area contributed by atoms with Crippen molar-refractivity contribution in [3.63, 3.8) is 0 Å². The molecule has 4 nitrogen and oxygen atoms in total. The van der Waals surface area contributed by atoms with Gasteiger partial charge in [0.2, 0.25) is 0 Å². The summed E-state index contributed by atoms with van der Waals surface area (Å²) in [5.74, 6) is 1.02. The number of hydrogen-bond acceptors (Lipinski definition) is 3. The van der Waals surface area contributed by atoms with Crippen molar-refractivity contribution in [3.8, 4) is 17.0 Å². The second-order valence-corrected chi connectivity index (χ2v) is 8.52. The maximum absolute atomic E-state index is 10.1. The van der Waals surface area contributed by atoms with E-state index in [0.29, 0.717) is 11.8 Å². The van der Waals surface area contributed by atoms with Crippen LogP contribution in [0.15, 0.2) is 60.9 Å². The Kier molecular flexibility index (Phi) is 4.24. The lowest BCUT2D eigenvalue weighted by Crippen LogP contribution is -2.02. The van der Waals surface area contributed by atoms with Gasteiger partial charge in [-0.3, -0.25) is 9.38 Å². The highest BCUT2D eigenvalue weighted by atomic mass is 16.3. The van der Waals surface area contributed by atoms with Crippen molar-refractivity contribution in [2.24, 2.45) is 0 Å². The molecule has 3 aromatic heterocycles. The number of benzene rings is 2. The first-order valence-electron chi connectivity index (χ1n) is 10.5. The molecule has 0 fully saturated rings. The zero-order valence-electron chi connectivity index (χ0n) is 17.7. The average molecular weight is 396 g/mol. The Morgan fingerprint density at radius 3 is 2.27 bits per heavy atom. The quantitative estimate of drug-likeness (QED) is 0.348. The SMILES string of the molecule is CC(C)c1cccc(C(C)C)c1-c1cnc2c3ccc(O)cc3c3ncccc3n12. The van der Waals surface area contributed by atoms with E-state index in [4.69, 9.17) is 4.98 Å². The fraction of sp³-hybridized carbons (Fsp3) is 0.231. The maximum Gasteiger partial charge on any atom is 0.145 e. The highest BCUT2D eigenvalue weighted by molar-refractivity contribution is 6.11. The summed E-state index contributed by atoms with van der Waals surface area (Å²) >= 11 is 0. The number of rotatable bonds is 3. The molecule has 0 unspecified atom stereocenters. The van der Waals surface area contributed by atoms with E-state index in [1.165, 1.54) is 16.7 Å². The maximum atomic E-state index is 10.1. The molecular weight excluding hydrogens is 370 g/mol. The molecule has 2 aromatic carbocycles. The van der Waals surface area contributed by atoms with Crippen molar-refractivity contribution in [1.82, 2.24) is 14.4 Å². The fourth-order valence-corrected chi connectivity index (χ4v) is 4.52. The first-order chi connectivity index (χ1) is 14.5. The summed E-state index contributed by atoms with van der Waals surface area (Å²) in [6.07, 6.45) is 3.79. The third kappa shape index (κ3) is 2.67. The standard InChI is InChI=1S/C26H25N3O/c1-15(2)18-7-5-8-19(16(3)4)24(18)23-14-28-26-20-11-10-17(30)13-21(20)25-22(29(23)26)9-6-12-27-25/h5-16,30H,1-4H3. The van der Waals surface area contributed by atoms with Gasteiger partial charge < -0.3 is 5.11 Å². The zero-order chi connectivity index (χ0) is 21.0. The van der Waals surface area contributed by atoms with Gasteiger partial charge in [-0.15, -0.1) is 0 Å². The number of phenols is 1. The molecule has 0 atom stereocenters. The summed E-state index contributed by atoms with van der Waals surface area (Å²) in [6.45, 7) is 8.96. The van der Waals surface area contributed by atoms with Crippen LogP contribution in [0.25, 0.3) is 38.7 Å². The van der Waals surface area contributed by atoms with Crippen LogP contribution >= 0.6 is 0 Å². The molecule has 0 radical (unpaired) electrons. The highest BCUT2D eigenvalue weighted by Crippen LogP contribution is 2.39. The van der Waals surface area contributed by atoms with E-state index < -0.39 is 0 Å². The van der Waals surface area contributed by atoms with Gasteiger partial charge in [0.05, 0.1) is 22.9 Å². The van der Waals surface area contributed by atoms with Crippen LogP contribution in [0.3, 0.4) is 0 Å². The average Bonchev–Trinajstić information content (AvgIpc) is 3.18. The Hall–Kier alpha value is -3.40. The molecule has 150 valence electrons. The highest BCUT2D eigenvalue weighted by Gasteiger charge is 2.21. The Bertz CT molecular complexity index is 1390. The minimum absolute atomic E-state index is 0.234. The van der Waals surface area contributed by atoms with E-state index in [2.05, 4.69) is 61.3 Å². The van der Waals surface area contributed by atoms with E-state index in [0.717, 1.165) is 33.1 Å². The third-order valence-electron chi connectivity index (χ3n) is 5.92. The molecule has 0 aliphatic heterocycles. The number of imidazole rings is 1. The lowest BCUT2D eigenvalue weighted by atomic mass is 9.87. The molecule has 0 spiro atoms. The first-order valence-corrected chi connectivity index (χ1v) is 10.5. The lowest BCUT2D eigenvalue weighted by Gasteiger charge is -2.20. The van der Waals surface area contributed by atoms with E-state index >= 15 is 0 Å². The van der Waals surface area contributed by atoms with Crippen molar-refractivity contribution < 1.29 is 5.11 Å². The summed E-state index contributed by atoms with van der Waals surface area (Å²) in [7, 11) is 0. The van der Waals surface area contributed by atoms with Gasteiger partial charge in [0.1, 0.15) is 11.4 Å². The molecule has 0 saturated heterocycles. The van der Waals surface area contributed by atoms with Crippen molar-refractivity contribution >= 4 is 27.5 Å². The molecular formula is C26H25N3O. The van der Waals surface area contributed by atoms with Gasteiger partial charge in [-0.25, -0.2) is 4.98 Å². The minimum atomic E-state index is 0.234. The number of fused-ring (bicyclic) bond motifs is 6. The number of aromatic nitrogens is 3. The monoisotopic (exact) mass is 395 g/mol. The molecule has 0 aliphatic carbocycles. The van der Waals surface area contributed by atoms with Crippen LogP contribution in [0.5, 0.6) is 5.75 Å². The van der Waals surface area contributed by atoms with Crippen LogP contribution in [0.2, 0.25) is 0 Å². The van der Waals surface area contributed by atoms with Crippen LogP contribution in [0.4, 0.5) is 0 Å². The van der Waals surface area contributed by atoms with Gasteiger partial charge in [-0.2, -0.15) is 0 Å². The van der Waals surface area contributed by atoms with Crippen LogP contribution < -0.4 is 0 Å². The number of aromatic hydroxyl groups is 1. The van der Waals surface area contributed by atoms with E-state index in [-0.39, 0.29) is 5.75 Å². The van der Waals surface area contributed by atoms with Crippen molar-refractivity contribution in [3.05, 3.63) is 72.1 Å². The minimum Gasteiger partial charge on any atom is -0.508 e. The molecule has 3 heterocycles. The molecule has 4 heteroatoms. The third-order valence-corrected chi connectivity index (χ3v) is 5.92. The molecule has 5 rings (SSSR count). The second kappa shape index (κ2) is 6.84. The molecule has 5 aromatic rings. The van der Waals surface area contributed by atoms with E-state index in [9.17, 15) is 5.11 Å². The van der Waals surface area contributed by atoms with E-state index in [1.54, 1.807) is 18.3 Å². The van der Waals surface area contributed by atoms with Crippen LogP contribution in [-0.2, 0) is 0 Å². The summed E-state index contributed by atoms with van der Waals surface area (Å²) in [5.41, 5.74) is 7.74. The molecule has 30 heavy (non-hydrogen) atoms. The molecule has 0 bridgehead atoms. The van der Waals surface area contributed by atoms with Gasteiger partial charge >= 0.3 is 0 Å². The second-order valence-electron chi connectivity index (χ2n) is 8.52. The van der Waals surface area contributed by atoms with Crippen LogP contribution in [0, 0.1) is 0 Å². The Labute approximate surface area is 175 Å². The Morgan fingerprint density at radius 1 is 0.833 bits per heavy atom. The molecule has 1 N–H and O–H groups in total. The molecule has 0 aliphatic rings. The topological polar surface area (TPSA) is 50.4 Å². The summed E-state index contributed by atoms with van der Waals surface area (Å²) in [6, 6.07) is 16.1. The predicted molar refractivity (Wildman–Crippen MR) is 123 cm³/mol. The van der Waals surface area contributed by atoms with Gasteiger partial charge in [0.25, 0.3) is 0 Å². The van der Waals surface area contributed by atoms with Gasteiger partial charge in [0.15, 0.2) is 0 Å².